The van der Waals surface area contributed by atoms with Crippen molar-refractivity contribution in [2.24, 2.45) is 22.7 Å². The lowest BCUT2D eigenvalue weighted by Crippen LogP contribution is -2.41. The van der Waals surface area contributed by atoms with Crippen LogP contribution in [0.15, 0.2) is 0 Å². The van der Waals surface area contributed by atoms with Crippen LogP contribution in [0.2, 0.25) is 0 Å². The van der Waals surface area contributed by atoms with Gasteiger partial charge in [-0.15, -0.1) is 0 Å². The van der Waals surface area contributed by atoms with E-state index < -0.39 is 36.2 Å². The molecule has 0 spiro atoms. The van der Waals surface area contributed by atoms with E-state index in [-0.39, 0.29) is 23.2 Å². The maximum atomic E-state index is 12.3. The molecule has 0 N–H and O–H groups in total. The van der Waals surface area contributed by atoms with Gasteiger partial charge in [-0.3, -0.25) is 9.59 Å². The molecule has 0 aromatic heterocycles. The average molecular weight is 370 g/mol. The molecule has 0 radical (unpaired) electrons. The summed E-state index contributed by atoms with van der Waals surface area (Å²) in [5.74, 6) is -1.03. The molecule has 1 heterocycles. The second kappa shape index (κ2) is 8.40. The van der Waals surface area contributed by atoms with E-state index >= 15 is 0 Å². The molecule has 0 aromatic carbocycles. The van der Waals surface area contributed by atoms with Crippen LogP contribution in [0.1, 0.15) is 68.2 Å². The SMILES string of the molecule is CC1CC(=O)OC(C(C)OC(=O)COC(=O)C(C)(C)C(C)(C)C)C(C)C1. The van der Waals surface area contributed by atoms with Crippen molar-refractivity contribution in [3.63, 3.8) is 0 Å². The Morgan fingerprint density at radius 1 is 1.19 bits per heavy atom. The third kappa shape index (κ3) is 5.71. The Balaban J connectivity index is 2.59. The number of carbonyl (C=O) groups is 3. The van der Waals surface area contributed by atoms with Gasteiger partial charge in [0.15, 0.2) is 6.61 Å². The molecule has 0 aromatic rings. The van der Waals surface area contributed by atoms with Gasteiger partial charge in [0.25, 0.3) is 0 Å². The maximum absolute atomic E-state index is 12.3. The van der Waals surface area contributed by atoms with E-state index in [1.54, 1.807) is 20.8 Å². The average Bonchev–Trinajstić information content (AvgIpc) is 2.60. The summed E-state index contributed by atoms with van der Waals surface area (Å²) in [7, 11) is 0. The highest BCUT2D eigenvalue weighted by atomic mass is 16.6. The summed E-state index contributed by atoms with van der Waals surface area (Å²) in [6.45, 7) is 14.6. The smallest absolute Gasteiger partial charge is 0.344 e. The summed E-state index contributed by atoms with van der Waals surface area (Å²) in [6, 6.07) is 0. The van der Waals surface area contributed by atoms with Crippen LogP contribution in [0.25, 0.3) is 0 Å². The fraction of sp³-hybridized carbons (Fsp3) is 0.850. The highest BCUT2D eigenvalue weighted by molar-refractivity contribution is 5.80. The van der Waals surface area contributed by atoms with Crippen LogP contribution >= 0.6 is 0 Å². The summed E-state index contributed by atoms with van der Waals surface area (Å²) >= 11 is 0. The Morgan fingerprint density at radius 3 is 2.31 bits per heavy atom. The zero-order valence-electron chi connectivity index (χ0n) is 17.4. The van der Waals surface area contributed by atoms with Gasteiger partial charge >= 0.3 is 17.9 Å². The van der Waals surface area contributed by atoms with E-state index in [4.69, 9.17) is 14.2 Å². The predicted molar refractivity (Wildman–Crippen MR) is 97.2 cm³/mol. The standard InChI is InChI=1S/C20H34O6/c1-12-9-13(2)17(26-15(21)10-12)14(3)25-16(22)11-24-18(23)20(7,8)19(4,5)6/h12-14,17H,9-11H2,1-8H3. The van der Waals surface area contributed by atoms with Crippen LogP contribution in [-0.2, 0) is 28.6 Å². The third-order valence-electron chi connectivity index (χ3n) is 5.60. The Labute approximate surface area is 156 Å². The van der Waals surface area contributed by atoms with Crippen LogP contribution in [0.4, 0.5) is 0 Å². The Hall–Kier alpha value is -1.59. The predicted octanol–water partition coefficient (Wildman–Crippen LogP) is 3.51. The van der Waals surface area contributed by atoms with E-state index in [2.05, 4.69) is 0 Å². The van der Waals surface area contributed by atoms with E-state index in [0.29, 0.717) is 6.42 Å². The molecule has 1 aliphatic heterocycles. The molecule has 0 bridgehead atoms. The number of cyclic esters (lactones) is 1. The van der Waals surface area contributed by atoms with Gasteiger partial charge < -0.3 is 14.2 Å². The normalized spacial score (nSPS) is 25.7. The molecule has 1 fully saturated rings. The van der Waals surface area contributed by atoms with Crippen molar-refractivity contribution in [2.75, 3.05) is 6.61 Å². The molecule has 150 valence electrons. The molecule has 4 atom stereocenters. The summed E-state index contributed by atoms with van der Waals surface area (Å²) in [5, 5.41) is 0. The first-order chi connectivity index (χ1) is 11.8. The molecule has 0 saturated carbocycles. The second-order valence-electron chi connectivity index (χ2n) is 9.12. The molecule has 4 unspecified atom stereocenters. The van der Waals surface area contributed by atoms with Gasteiger partial charge in [-0.1, -0.05) is 34.6 Å². The molecular formula is C20H34O6. The zero-order chi connectivity index (χ0) is 20.3. The van der Waals surface area contributed by atoms with Gasteiger partial charge in [0.1, 0.15) is 12.2 Å². The summed E-state index contributed by atoms with van der Waals surface area (Å²) in [4.78, 5) is 36.2. The van der Waals surface area contributed by atoms with E-state index in [9.17, 15) is 14.4 Å². The minimum absolute atomic E-state index is 0.0848. The molecule has 6 nitrogen and oxygen atoms in total. The lowest BCUT2D eigenvalue weighted by atomic mass is 9.69. The molecular weight excluding hydrogens is 336 g/mol. The van der Waals surface area contributed by atoms with Crippen LogP contribution in [0.5, 0.6) is 0 Å². The lowest BCUT2D eigenvalue weighted by molar-refractivity contribution is -0.177. The highest BCUT2D eigenvalue weighted by Crippen LogP contribution is 2.38. The third-order valence-corrected chi connectivity index (χ3v) is 5.60. The van der Waals surface area contributed by atoms with Crippen molar-refractivity contribution >= 4 is 17.9 Å². The number of rotatable bonds is 5. The Bertz CT molecular complexity index is 531. The largest absolute Gasteiger partial charge is 0.458 e. The number of hydrogen-bond acceptors (Lipinski definition) is 6. The Morgan fingerprint density at radius 2 is 1.77 bits per heavy atom. The van der Waals surface area contributed by atoms with Gasteiger partial charge in [-0.25, -0.2) is 4.79 Å². The van der Waals surface area contributed by atoms with Crippen molar-refractivity contribution < 1.29 is 28.6 Å². The Kier molecular flexibility index (Phi) is 7.25. The lowest BCUT2D eigenvalue weighted by Gasteiger charge is -2.36. The first-order valence-corrected chi connectivity index (χ1v) is 9.32. The number of ether oxygens (including phenoxy) is 3. The van der Waals surface area contributed by atoms with Crippen molar-refractivity contribution in [3.05, 3.63) is 0 Å². The molecule has 0 aliphatic carbocycles. The van der Waals surface area contributed by atoms with Crippen molar-refractivity contribution in [3.8, 4) is 0 Å². The van der Waals surface area contributed by atoms with E-state index in [1.165, 1.54) is 0 Å². The van der Waals surface area contributed by atoms with E-state index in [0.717, 1.165) is 6.42 Å². The number of hydrogen-bond donors (Lipinski definition) is 0. The van der Waals surface area contributed by atoms with Crippen molar-refractivity contribution in [1.29, 1.82) is 0 Å². The van der Waals surface area contributed by atoms with Gasteiger partial charge in [-0.05, 0) is 44.4 Å². The fourth-order valence-corrected chi connectivity index (χ4v) is 2.93. The van der Waals surface area contributed by atoms with Gasteiger partial charge in [-0.2, -0.15) is 0 Å². The fourth-order valence-electron chi connectivity index (χ4n) is 2.93. The minimum atomic E-state index is -0.736. The maximum Gasteiger partial charge on any atom is 0.344 e. The van der Waals surface area contributed by atoms with Crippen molar-refractivity contribution in [1.82, 2.24) is 0 Å². The molecule has 1 aliphatic rings. The summed E-state index contributed by atoms with van der Waals surface area (Å²) in [6.07, 6.45) is 0.118. The molecule has 26 heavy (non-hydrogen) atoms. The monoisotopic (exact) mass is 370 g/mol. The first-order valence-electron chi connectivity index (χ1n) is 9.32. The molecule has 1 rings (SSSR count). The quantitative estimate of drug-likeness (QED) is 0.544. The number of esters is 3. The van der Waals surface area contributed by atoms with Crippen molar-refractivity contribution in [2.45, 2.75) is 80.4 Å². The van der Waals surface area contributed by atoms with Crippen LogP contribution < -0.4 is 0 Å². The zero-order valence-corrected chi connectivity index (χ0v) is 17.4. The van der Waals surface area contributed by atoms with Gasteiger partial charge in [0.2, 0.25) is 0 Å². The molecule has 0 amide bonds. The second-order valence-corrected chi connectivity index (χ2v) is 9.12. The van der Waals surface area contributed by atoms with Crippen LogP contribution in [-0.4, -0.2) is 36.7 Å². The summed E-state index contributed by atoms with van der Waals surface area (Å²) < 4.78 is 16.0. The van der Waals surface area contributed by atoms with Gasteiger partial charge in [0, 0.05) is 6.42 Å². The molecule has 6 heteroatoms. The topological polar surface area (TPSA) is 78.9 Å². The first kappa shape index (κ1) is 22.5. The highest BCUT2D eigenvalue weighted by Gasteiger charge is 2.41. The minimum Gasteiger partial charge on any atom is -0.458 e. The number of carbonyl (C=O) groups excluding carboxylic acids is 3. The van der Waals surface area contributed by atoms with E-state index in [1.807, 2.05) is 34.6 Å². The summed E-state index contributed by atoms with van der Waals surface area (Å²) in [5.41, 5.74) is -1.04. The van der Waals surface area contributed by atoms with Crippen LogP contribution in [0, 0.1) is 22.7 Å². The van der Waals surface area contributed by atoms with Crippen LogP contribution in [0.3, 0.4) is 0 Å². The van der Waals surface area contributed by atoms with Gasteiger partial charge in [0.05, 0.1) is 5.41 Å². The molecule has 1 saturated heterocycles.